The van der Waals surface area contributed by atoms with Crippen LogP contribution in [0.3, 0.4) is 0 Å². The Balaban J connectivity index is 2.33. The first kappa shape index (κ1) is 12.9. The molecule has 2 rings (SSSR count). The van der Waals surface area contributed by atoms with Crippen molar-refractivity contribution in [3.05, 3.63) is 18.5 Å². The second-order valence-electron chi connectivity index (χ2n) is 3.95. The van der Waals surface area contributed by atoms with Gasteiger partial charge in [-0.2, -0.15) is 0 Å². The van der Waals surface area contributed by atoms with Gasteiger partial charge in [-0.05, 0) is 12.5 Å². The number of aryl methyl sites for hydroxylation is 1. The highest BCUT2D eigenvalue weighted by Gasteiger charge is 2.12. The molecule has 0 aliphatic carbocycles. The molecule has 5 nitrogen and oxygen atoms in total. The maximum Gasteiger partial charge on any atom is 0.313 e. The second-order valence-corrected chi connectivity index (χ2v) is 4.89. The summed E-state index contributed by atoms with van der Waals surface area (Å²) in [5.41, 5.74) is 1.84. The number of nitrogens with zero attached hydrogens (tertiary/aromatic N) is 3. The molecule has 6 heteroatoms. The van der Waals surface area contributed by atoms with Crippen molar-refractivity contribution in [1.29, 1.82) is 0 Å². The van der Waals surface area contributed by atoms with Gasteiger partial charge < -0.3 is 9.67 Å². The van der Waals surface area contributed by atoms with Crippen LogP contribution < -0.4 is 0 Å². The number of aromatic nitrogens is 3. The average Bonchev–Trinajstić information content (AvgIpc) is 2.71. The van der Waals surface area contributed by atoms with Crippen LogP contribution in [-0.2, 0) is 11.3 Å². The minimum absolute atomic E-state index is 0.0306. The fourth-order valence-electron chi connectivity index (χ4n) is 1.73. The van der Waals surface area contributed by atoms with Crippen LogP contribution in [0.1, 0.15) is 19.8 Å². The van der Waals surface area contributed by atoms with Gasteiger partial charge in [-0.3, -0.25) is 9.78 Å². The number of hydrogen-bond donors (Lipinski definition) is 1. The van der Waals surface area contributed by atoms with E-state index < -0.39 is 5.97 Å². The monoisotopic (exact) mass is 265 g/mol. The number of unbranched alkanes of at least 4 members (excludes halogenated alkanes) is 1. The van der Waals surface area contributed by atoms with Crippen LogP contribution in [0.2, 0.25) is 0 Å². The molecular weight excluding hydrogens is 250 g/mol. The number of rotatable bonds is 6. The van der Waals surface area contributed by atoms with Gasteiger partial charge in [0, 0.05) is 12.7 Å². The Labute approximate surface area is 109 Å². The van der Waals surface area contributed by atoms with E-state index in [0.717, 1.165) is 35.6 Å². The topological polar surface area (TPSA) is 68.0 Å². The maximum atomic E-state index is 10.6. The SMILES string of the molecule is CCCCn1c(SCC(=O)O)nc2cnccc21. The number of hydrogen-bond acceptors (Lipinski definition) is 4. The molecule has 1 N–H and O–H groups in total. The van der Waals surface area contributed by atoms with E-state index in [4.69, 9.17) is 5.11 Å². The van der Waals surface area contributed by atoms with Crippen molar-refractivity contribution in [2.24, 2.45) is 0 Å². The quantitative estimate of drug-likeness (QED) is 0.812. The molecular formula is C12H15N3O2S. The van der Waals surface area contributed by atoms with Crippen molar-refractivity contribution < 1.29 is 9.90 Å². The van der Waals surface area contributed by atoms with Gasteiger partial charge in [0.15, 0.2) is 5.16 Å². The van der Waals surface area contributed by atoms with Crippen LogP contribution in [0.15, 0.2) is 23.6 Å². The highest BCUT2D eigenvalue weighted by Crippen LogP contribution is 2.23. The van der Waals surface area contributed by atoms with Crippen LogP contribution in [0.25, 0.3) is 11.0 Å². The summed E-state index contributed by atoms with van der Waals surface area (Å²) in [5, 5.41) is 9.50. The van der Waals surface area contributed by atoms with Gasteiger partial charge in [0.25, 0.3) is 0 Å². The van der Waals surface area contributed by atoms with E-state index in [1.54, 1.807) is 12.4 Å². The average molecular weight is 265 g/mol. The summed E-state index contributed by atoms with van der Waals surface area (Å²) in [6.45, 7) is 2.99. The minimum Gasteiger partial charge on any atom is -0.481 e. The standard InChI is InChI=1S/C12H15N3O2S/c1-2-3-6-15-10-4-5-13-7-9(10)14-12(15)18-8-11(16)17/h4-5,7H,2-3,6,8H2,1H3,(H,16,17). The molecule has 0 atom stereocenters. The normalized spacial score (nSPS) is 10.9. The van der Waals surface area contributed by atoms with E-state index in [1.165, 1.54) is 11.8 Å². The van der Waals surface area contributed by atoms with Crippen LogP contribution in [0.5, 0.6) is 0 Å². The molecule has 96 valence electrons. The van der Waals surface area contributed by atoms with E-state index in [2.05, 4.69) is 21.5 Å². The lowest BCUT2D eigenvalue weighted by Crippen LogP contribution is -2.03. The van der Waals surface area contributed by atoms with Gasteiger partial charge in [0.2, 0.25) is 0 Å². The third-order valence-electron chi connectivity index (χ3n) is 2.58. The molecule has 2 heterocycles. The number of thioether (sulfide) groups is 1. The van der Waals surface area contributed by atoms with Crippen LogP contribution >= 0.6 is 11.8 Å². The van der Waals surface area contributed by atoms with Crippen LogP contribution in [0, 0.1) is 0 Å². The Morgan fingerprint density at radius 1 is 1.56 bits per heavy atom. The molecule has 0 radical (unpaired) electrons. The molecule has 0 saturated carbocycles. The number of pyridine rings is 1. The fourth-order valence-corrected chi connectivity index (χ4v) is 2.49. The highest BCUT2D eigenvalue weighted by molar-refractivity contribution is 7.99. The summed E-state index contributed by atoms with van der Waals surface area (Å²) in [5.74, 6) is -0.796. The number of carboxylic acids is 1. The summed E-state index contributed by atoms with van der Waals surface area (Å²) in [7, 11) is 0. The predicted molar refractivity (Wildman–Crippen MR) is 70.8 cm³/mol. The molecule has 0 unspecified atom stereocenters. The molecule has 0 aliphatic heterocycles. The number of carbonyl (C=O) groups is 1. The zero-order valence-corrected chi connectivity index (χ0v) is 11.0. The summed E-state index contributed by atoms with van der Waals surface area (Å²) in [6.07, 6.45) is 5.59. The second kappa shape index (κ2) is 5.86. The van der Waals surface area contributed by atoms with E-state index in [-0.39, 0.29) is 5.75 Å². The zero-order chi connectivity index (χ0) is 13.0. The molecule has 18 heavy (non-hydrogen) atoms. The molecule has 0 fully saturated rings. The molecule has 0 amide bonds. The lowest BCUT2D eigenvalue weighted by molar-refractivity contribution is -0.133. The minimum atomic E-state index is -0.827. The van der Waals surface area contributed by atoms with Crippen molar-refractivity contribution >= 4 is 28.8 Å². The van der Waals surface area contributed by atoms with E-state index in [0.29, 0.717) is 0 Å². The van der Waals surface area contributed by atoms with Gasteiger partial charge in [-0.15, -0.1) is 0 Å². The lowest BCUT2D eigenvalue weighted by atomic mass is 10.3. The molecule has 2 aromatic rings. The van der Waals surface area contributed by atoms with Crippen molar-refractivity contribution in [3.63, 3.8) is 0 Å². The summed E-state index contributed by atoms with van der Waals surface area (Å²) >= 11 is 1.26. The van der Waals surface area contributed by atoms with Crippen molar-refractivity contribution in [2.75, 3.05) is 5.75 Å². The highest BCUT2D eigenvalue weighted by atomic mass is 32.2. The van der Waals surface area contributed by atoms with Crippen molar-refractivity contribution in [3.8, 4) is 0 Å². The van der Waals surface area contributed by atoms with Gasteiger partial charge >= 0.3 is 5.97 Å². The van der Waals surface area contributed by atoms with Crippen LogP contribution in [-0.4, -0.2) is 31.4 Å². The molecule has 0 spiro atoms. The fraction of sp³-hybridized carbons (Fsp3) is 0.417. The number of imidazole rings is 1. The first-order chi connectivity index (χ1) is 8.72. The van der Waals surface area contributed by atoms with Gasteiger partial charge in [0.1, 0.15) is 5.52 Å². The Morgan fingerprint density at radius 2 is 2.39 bits per heavy atom. The molecule has 0 aliphatic rings. The third kappa shape index (κ3) is 2.81. The summed E-state index contributed by atoms with van der Waals surface area (Å²) in [6, 6.07) is 1.92. The van der Waals surface area contributed by atoms with Crippen molar-refractivity contribution in [1.82, 2.24) is 14.5 Å². The smallest absolute Gasteiger partial charge is 0.313 e. The first-order valence-corrected chi connectivity index (χ1v) is 6.85. The maximum absolute atomic E-state index is 10.6. The largest absolute Gasteiger partial charge is 0.481 e. The Morgan fingerprint density at radius 3 is 3.11 bits per heavy atom. The number of carboxylic acid groups (broad SMARTS) is 1. The Hall–Kier alpha value is -1.56. The Bertz CT molecular complexity index is 553. The summed E-state index contributed by atoms with van der Waals surface area (Å²) < 4.78 is 2.08. The number of aliphatic carboxylic acids is 1. The molecule has 2 aromatic heterocycles. The van der Waals surface area contributed by atoms with Crippen LogP contribution in [0.4, 0.5) is 0 Å². The van der Waals surface area contributed by atoms with Crippen molar-refractivity contribution in [2.45, 2.75) is 31.5 Å². The van der Waals surface area contributed by atoms with Gasteiger partial charge in [0.05, 0.1) is 17.5 Å². The molecule has 0 aromatic carbocycles. The first-order valence-electron chi connectivity index (χ1n) is 5.87. The molecule has 0 bridgehead atoms. The molecule has 0 saturated heterocycles. The lowest BCUT2D eigenvalue weighted by Gasteiger charge is -2.06. The van der Waals surface area contributed by atoms with Gasteiger partial charge in [-0.1, -0.05) is 25.1 Å². The van der Waals surface area contributed by atoms with E-state index in [1.807, 2.05) is 6.07 Å². The summed E-state index contributed by atoms with van der Waals surface area (Å²) in [4.78, 5) is 19.1. The predicted octanol–water partition coefficient (Wildman–Crippen LogP) is 2.41. The van der Waals surface area contributed by atoms with Gasteiger partial charge in [-0.25, -0.2) is 4.98 Å². The van der Waals surface area contributed by atoms with E-state index >= 15 is 0 Å². The number of fused-ring (bicyclic) bond motifs is 1. The zero-order valence-electron chi connectivity index (χ0n) is 10.2. The Kier molecular flexibility index (Phi) is 4.19. The third-order valence-corrected chi connectivity index (χ3v) is 3.54. The van der Waals surface area contributed by atoms with E-state index in [9.17, 15) is 4.79 Å².